The zero-order valence-electron chi connectivity index (χ0n) is 9.62. The summed E-state index contributed by atoms with van der Waals surface area (Å²) in [6, 6.07) is 7.63. The van der Waals surface area contributed by atoms with E-state index in [0.717, 1.165) is 0 Å². The molecule has 0 heterocycles. The molecule has 114 valence electrons. The van der Waals surface area contributed by atoms with Crippen LogP contribution in [0.5, 0.6) is 0 Å². The molecule has 0 saturated heterocycles. The summed E-state index contributed by atoms with van der Waals surface area (Å²) in [6.45, 7) is 0. The van der Waals surface area contributed by atoms with Crippen molar-refractivity contribution in [2.45, 2.75) is 4.90 Å². The van der Waals surface area contributed by atoms with Gasteiger partial charge in [-0.3, -0.25) is 0 Å². The zero-order chi connectivity index (χ0) is 10.6. The van der Waals surface area contributed by atoms with Gasteiger partial charge in [-0.05, 0) is 12.1 Å². The summed E-state index contributed by atoms with van der Waals surface area (Å²) in [4.78, 5) is 10.2. The monoisotopic (exact) mass is 302 g/mol. The van der Waals surface area contributed by atoms with Gasteiger partial charge >= 0.3 is 5.97 Å². The topological polar surface area (TPSA) is 229 Å². The maximum Gasteiger partial charge on any atom is 0.329 e. The Kier molecular flexibility index (Phi) is 20.2. The molecule has 0 aliphatic heterocycles. The van der Waals surface area contributed by atoms with E-state index in [2.05, 4.69) is 0 Å². The molecule has 0 fully saturated rings. The van der Waals surface area contributed by atoms with E-state index in [4.69, 9.17) is 5.11 Å². The average molecular weight is 302 g/mol. The Morgan fingerprint density at radius 2 is 1.37 bits per heavy atom. The molecule has 0 aliphatic rings. The molecule has 1 aromatic carbocycles. The highest BCUT2D eigenvalue weighted by Gasteiger charge is 2.09. The summed E-state index contributed by atoms with van der Waals surface area (Å²) in [6.07, 6.45) is 0.600. The Bertz CT molecular complexity index is 452. The van der Waals surface area contributed by atoms with Crippen LogP contribution in [0, 0.1) is 0 Å². The van der Waals surface area contributed by atoms with Gasteiger partial charge in [0.15, 0.2) is 9.84 Å². The van der Waals surface area contributed by atoms with E-state index in [1.165, 1.54) is 12.1 Å². The molecule has 0 saturated carbocycles. The zero-order valence-corrected chi connectivity index (χ0v) is 10.4. The second-order valence-corrected chi connectivity index (χ2v) is 4.33. The Balaban J connectivity index is -0.000000131. The van der Waals surface area contributed by atoms with Crippen LogP contribution in [0.25, 0.3) is 0 Å². The first-order valence-electron chi connectivity index (χ1n) is 3.73. The first-order chi connectivity index (χ1) is 6.52. The van der Waals surface area contributed by atoms with Crippen molar-refractivity contribution in [3.8, 4) is 0 Å². The molecule has 11 N–H and O–H groups in total. The Morgan fingerprint density at radius 3 is 1.74 bits per heavy atom. The lowest BCUT2D eigenvalue weighted by Gasteiger charge is -1.96. The van der Waals surface area contributed by atoms with Crippen LogP contribution >= 0.6 is 0 Å². The number of sulfone groups is 1. The summed E-state index contributed by atoms with van der Waals surface area (Å²) in [5.41, 5.74) is 0. The van der Waals surface area contributed by atoms with Crippen molar-refractivity contribution < 1.29 is 45.7 Å². The number of carbonyl (C=O) groups is 1. The molecule has 0 bridgehead atoms. The molecule has 0 amide bonds. The molecular weight excluding hydrogens is 284 g/mol. The van der Waals surface area contributed by atoms with Crippen LogP contribution in [0.3, 0.4) is 0 Å². The van der Waals surface area contributed by atoms with Gasteiger partial charge in [0, 0.05) is 11.5 Å². The third kappa shape index (κ3) is 9.84. The van der Waals surface area contributed by atoms with Gasteiger partial charge in [-0.15, -0.1) is 0 Å². The summed E-state index contributed by atoms with van der Waals surface area (Å²) in [7, 11) is -3.62. The largest absolute Gasteiger partial charge is 0.478 e. The fourth-order valence-corrected chi connectivity index (χ4v) is 1.83. The Hall–Kier alpha value is -1.82. The number of hydrogen-bond donors (Lipinski definition) is 1. The van der Waals surface area contributed by atoms with Crippen molar-refractivity contribution in [3.63, 3.8) is 0 Å². The first-order valence-corrected chi connectivity index (χ1v) is 5.28. The van der Waals surface area contributed by atoms with E-state index in [0.29, 0.717) is 11.5 Å². The van der Waals surface area contributed by atoms with Crippen molar-refractivity contribution in [1.29, 1.82) is 0 Å². The van der Waals surface area contributed by atoms with Crippen LogP contribution in [0.15, 0.2) is 46.7 Å². The highest BCUT2D eigenvalue weighted by atomic mass is 32.2. The number of carboxylic acid groups (broad SMARTS) is 1. The number of aliphatic carboxylic acids is 1. The summed E-state index contributed by atoms with van der Waals surface area (Å²) >= 11 is 0. The van der Waals surface area contributed by atoms with Crippen molar-refractivity contribution in [1.82, 2.24) is 0 Å². The number of benzene rings is 1. The Morgan fingerprint density at radius 1 is 0.947 bits per heavy atom. The first kappa shape index (κ1) is 30.3. The second-order valence-electron chi connectivity index (χ2n) is 2.50. The SMILES string of the molecule is O.O.O.O.O.O=C(O)/C=C/S(=O)(=O)c1ccccc1. The molecule has 0 radical (unpaired) electrons. The average Bonchev–Trinajstić information content (AvgIpc) is 2.16. The van der Waals surface area contributed by atoms with Crippen molar-refractivity contribution in [2.24, 2.45) is 0 Å². The van der Waals surface area contributed by atoms with Crippen LogP contribution in [-0.2, 0) is 14.6 Å². The molecule has 0 aromatic heterocycles. The van der Waals surface area contributed by atoms with Crippen LogP contribution in [0.2, 0.25) is 0 Å². The third-order valence-electron chi connectivity index (χ3n) is 1.46. The van der Waals surface area contributed by atoms with Gasteiger partial charge in [0.25, 0.3) is 0 Å². The van der Waals surface area contributed by atoms with Gasteiger partial charge in [0.2, 0.25) is 0 Å². The van der Waals surface area contributed by atoms with E-state index >= 15 is 0 Å². The normalized spacial score (nSPS) is 8.63. The summed E-state index contributed by atoms with van der Waals surface area (Å²) < 4.78 is 22.8. The van der Waals surface area contributed by atoms with Crippen LogP contribution in [0.1, 0.15) is 0 Å². The summed E-state index contributed by atoms with van der Waals surface area (Å²) in [5, 5.41) is 8.94. The van der Waals surface area contributed by atoms with Crippen LogP contribution < -0.4 is 0 Å². The number of hydrogen-bond acceptors (Lipinski definition) is 3. The van der Waals surface area contributed by atoms with Crippen LogP contribution in [-0.4, -0.2) is 46.9 Å². The highest BCUT2D eigenvalue weighted by molar-refractivity contribution is 7.94. The Labute approximate surface area is 109 Å². The van der Waals surface area contributed by atoms with E-state index < -0.39 is 15.8 Å². The molecule has 10 heteroatoms. The molecule has 19 heavy (non-hydrogen) atoms. The maximum atomic E-state index is 11.4. The van der Waals surface area contributed by atoms with Crippen LogP contribution in [0.4, 0.5) is 0 Å². The van der Waals surface area contributed by atoms with E-state index in [1.54, 1.807) is 18.2 Å². The molecule has 0 atom stereocenters. The molecule has 1 rings (SSSR count). The predicted octanol–water partition coefficient (Wildman–Crippen LogP) is -3.06. The molecule has 9 nitrogen and oxygen atoms in total. The molecule has 0 spiro atoms. The fourth-order valence-electron chi connectivity index (χ4n) is 0.837. The van der Waals surface area contributed by atoms with E-state index in [1.807, 2.05) is 0 Å². The quantitative estimate of drug-likeness (QED) is 0.572. The lowest BCUT2D eigenvalue weighted by Crippen LogP contribution is -1.97. The second kappa shape index (κ2) is 12.6. The standard InChI is InChI=1S/C9H8O4S.5H2O/c10-9(11)6-7-14(12,13)8-4-2-1-3-5-8;;;;;/h1-7H,(H,10,11);5*1H2/b7-6+;;;;;. The fraction of sp³-hybridized carbons (Fsp3) is 0. The minimum atomic E-state index is -3.62. The molecule has 1 aromatic rings. The van der Waals surface area contributed by atoms with E-state index in [9.17, 15) is 13.2 Å². The van der Waals surface area contributed by atoms with Gasteiger partial charge in [-0.25, -0.2) is 13.2 Å². The van der Waals surface area contributed by atoms with Crippen molar-refractivity contribution in [2.75, 3.05) is 0 Å². The van der Waals surface area contributed by atoms with Gasteiger partial charge in [-0.2, -0.15) is 0 Å². The molecule has 0 unspecified atom stereocenters. The third-order valence-corrected chi connectivity index (χ3v) is 2.89. The highest BCUT2D eigenvalue weighted by Crippen LogP contribution is 2.10. The van der Waals surface area contributed by atoms with Crippen molar-refractivity contribution >= 4 is 15.8 Å². The number of rotatable bonds is 3. The smallest absolute Gasteiger partial charge is 0.329 e. The van der Waals surface area contributed by atoms with Gasteiger partial charge in [0.05, 0.1) is 4.90 Å². The maximum absolute atomic E-state index is 11.4. The minimum absolute atomic E-state index is 0. The minimum Gasteiger partial charge on any atom is -0.478 e. The van der Waals surface area contributed by atoms with E-state index in [-0.39, 0.29) is 32.3 Å². The lowest BCUT2D eigenvalue weighted by molar-refractivity contribution is -0.131. The van der Waals surface area contributed by atoms with Crippen molar-refractivity contribution in [3.05, 3.63) is 41.8 Å². The number of carboxylic acids is 1. The lowest BCUT2D eigenvalue weighted by atomic mass is 10.4. The molecule has 0 aliphatic carbocycles. The summed E-state index contributed by atoms with van der Waals surface area (Å²) in [5.74, 6) is -1.29. The molecular formula is C9H18O9S. The van der Waals surface area contributed by atoms with Gasteiger partial charge < -0.3 is 32.5 Å². The van der Waals surface area contributed by atoms with Gasteiger partial charge in [0.1, 0.15) is 0 Å². The van der Waals surface area contributed by atoms with Gasteiger partial charge in [-0.1, -0.05) is 18.2 Å². The predicted molar refractivity (Wildman–Crippen MR) is 68.5 cm³/mol.